The van der Waals surface area contributed by atoms with Gasteiger partial charge >= 0.3 is 6.09 Å². The van der Waals surface area contributed by atoms with Crippen molar-refractivity contribution in [2.24, 2.45) is 0 Å². The number of alkyl carbamates (subject to hydrolysis) is 1. The third kappa shape index (κ3) is 8.50. The number of aromatic hydroxyl groups is 1. The predicted octanol–water partition coefficient (Wildman–Crippen LogP) is 4.79. The molecule has 0 aromatic heterocycles. The highest BCUT2D eigenvalue weighted by Crippen LogP contribution is 2.36. The number of phenolic OH excluding ortho intramolecular Hbond substituents is 1. The molecule has 3 amide bonds. The van der Waals surface area contributed by atoms with E-state index in [-0.39, 0.29) is 30.0 Å². The Morgan fingerprint density at radius 1 is 1.11 bits per heavy atom. The molecule has 1 aliphatic rings. The maximum atomic E-state index is 14.3. The van der Waals surface area contributed by atoms with E-state index >= 15 is 0 Å². The number of amides is 3. The highest BCUT2D eigenvalue weighted by Gasteiger charge is 2.44. The Morgan fingerprint density at radius 3 is 2.37 bits per heavy atom. The van der Waals surface area contributed by atoms with E-state index in [9.17, 15) is 19.5 Å². The first kappa shape index (κ1) is 29.0. The minimum atomic E-state index is -0.967. The second kappa shape index (κ2) is 12.8. The minimum absolute atomic E-state index is 0.104. The van der Waals surface area contributed by atoms with Gasteiger partial charge in [-0.25, -0.2) is 4.79 Å². The van der Waals surface area contributed by atoms with Gasteiger partial charge in [0.1, 0.15) is 23.4 Å². The average Bonchev–Trinajstić information content (AvgIpc) is 3.67. The van der Waals surface area contributed by atoms with Crippen LogP contribution in [0.4, 0.5) is 4.79 Å². The second-order valence-electron chi connectivity index (χ2n) is 11.0. The number of benzene rings is 2. The monoisotopic (exact) mass is 523 g/mol. The van der Waals surface area contributed by atoms with Crippen molar-refractivity contribution in [3.8, 4) is 5.75 Å². The van der Waals surface area contributed by atoms with Crippen molar-refractivity contribution >= 4 is 17.9 Å². The van der Waals surface area contributed by atoms with Crippen molar-refractivity contribution in [1.29, 1.82) is 0 Å². The van der Waals surface area contributed by atoms with Crippen LogP contribution in [0.5, 0.6) is 5.75 Å². The average molecular weight is 524 g/mol. The molecular formula is C30H41N3O5. The number of phenols is 1. The van der Waals surface area contributed by atoms with E-state index in [1.54, 1.807) is 49.9 Å². The molecule has 0 radical (unpaired) electrons. The van der Waals surface area contributed by atoms with Crippen molar-refractivity contribution in [3.63, 3.8) is 0 Å². The summed E-state index contributed by atoms with van der Waals surface area (Å²) in [5.41, 5.74) is 1.74. The molecule has 2 atom stereocenters. The number of carbonyl (C=O) groups excluding carboxylic acids is 3. The quantitative estimate of drug-likeness (QED) is 0.367. The van der Waals surface area contributed by atoms with E-state index in [4.69, 9.17) is 4.74 Å². The summed E-state index contributed by atoms with van der Waals surface area (Å²) in [6.45, 7) is 9.81. The van der Waals surface area contributed by atoms with Gasteiger partial charge in [-0.15, -0.1) is 0 Å². The van der Waals surface area contributed by atoms with Gasteiger partial charge in [-0.1, -0.05) is 55.3 Å². The Labute approximate surface area is 225 Å². The Morgan fingerprint density at radius 2 is 1.79 bits per heavy atom. The molecule has 2 unspecified atom stereocenters. The lowest BCUT2D eigenvalue weighted by molar-refractivity contribution is -0.143. The summed E-state index contributed by atoms with van der Waals surface area (Å²) >= 11 is 0. The van der Waals surface area contributed by atoms with Crippen LogP contribution >= 0.6 is 0 Å². The van der Waals surface area contributed by atoms with Gasteiger partial charge in [0.25, 0.3) is 0 Å². The standard InChI is InChI=1S/C30H41N3O5/c1-6-7-17-31-27(35)26(22-10-8-9-20(2)18-22)33(23-13-14-23)28(36)25(32-29(37)38-30(3,4)5)19-21-11-15-24(34)16-12-21/h8-12,15-16,18,23,25-26,34H,6-7,13-14,17,19H2,1-5H3,(H,31,35)(H,32,37). The van der Waals surface area contributed by atoms with E-state index in [0.29, 0.717) is 6.54 Å². The molecule has 206 valence electrons. The molecule has 2 aromatic rings. The fraction of sp³-hybridized carbons (Fsp3) is 0.500. The molecule has 0 spiro atoms. The van der Waals surface area contributed by atoms with Crippen LogP contribution < -0.4 is 10.6 Å². The second-order valence-corrected chi connectivity index (χ2v) is 11.0. The first-order valence-electron chi connectivity index (χ1n) is 13.4. The predicted molar refractivity (Wildman–Crippen MR) is 147 cm³/mol. The van der Waals surface area contributed by atoms with Gasteiger partial charge in [0.05, 0.1) is 0 Å². The molecular weight excluding hydrogens is 482 g/mol. The van der Waals surface area contributed by atoms with Crippen LogP contribution in [0.15, 0.2) is 48.5 Å². The lowest BCUT2D eigenvalue weighted by atomic mass is 9.99. The number of carbonyl (C=O) groups is 3. The van der Waals surface area contributed by atoms with Gasteiger partial charge in [-0.3, -0.25) is 9.59 Å². The fourth-order valence-corrected chi connectivity index (χ4v) is 4.33. The Bertz CT molecular complexity index is 1110. The minimum Gasteiger partial charge on any atom is -0.508 e. The number of hydrogen-bond donors (Lipinski definition) is 3. The van der Waals surface area contributed by atoms with Crippen molar-refractivity contribution in [2.75, 3.05) is 6.54 Å². The molecule has 0 heterocycles. The molecule has 38 heavy (non-hydrogen) atoms. The maximum Gasteiger partial charge on any atom is 0.408 e. The van der Waals surface area contributed by atoms with Crippen LogP contribution in [0.2, 0.25) is 0 Å². The van der Waals surface area contributed by atoms with Gasteiger partial charge in [0.2, 0.25) is 11.8 Å². The van der Waals surface area contributed by atoms with Crippen molar-refractivity contribution in [1.82, 2.24) is 15.5 Å². The van der Waals surface area contributed by atoms with Crippen molar-refractivity contribution in [2.45, 2.75) is 90.4 Å². The van der Waals surface area contributed by atoms with E-state index in [0.717, 1.165) is 42.4 Å². The van der Waals surface area contributed by atoms with Crippen LogP contribution in [0.3, 0.4) is 0 Å². The molecule has 3 N–H and O–H groups in total. The number of rotatable bonds is 11. The first-order chi connectivity index (χ1) is 18.0. The topological polar surface area (TPSA) is 108 Å². The van der Waals surface area contributed by atoms with Crippen LogP contribution in [0, 0.1) is 6.92 Å². The third-order valence-electron chi connectivity index (χ3n) is 6.27. The zero-order chi connectivity index (χ0) is 27.9. The normalized spacial score (nSPS) is 14.8. The van der Waals surface area contributed by atoms with E-state index in [1.807, 2.05) is 31.2 Å². The highest BCUT2D eigenvalue weighted by atomic mass is 16.6. The number of aryl methyl sites for hydroxylation is 1. The van der Waals surface area contributed by atoms with Crippen LogP contribution in [0.1, 0.15) is 76.1 Å². The molecule has 0 saturated heterocycles. The van der Waals surface area contributed by atoms with Gasteiger partial charge in [0, 0.05) is 19.0 Å². The van der Waals surface area contributed by atoms with Crippen LogP contribution in [-0.2, 0) is 20.7 Å². The Balaban J connectivity index is 1.98. The highest BCUT2D eigenvalue weighted by molar-refractivity contribution is 5.92. The van der Waals surface area contributed by atoms with Crippen molar-refractivity contribution < 1.29 is 24.2 Å². The van der Waals surface area contributed by atoms with Gasteiger partial charge in [-0.2, -0.15) is 0 Å². The summed E-state index contributed by atoms with van der Waals surface area (Å²) in [4.78, 5) is 42.3. The summed E-state index contributed by atoms with van der Waals surface area (Å²) in [5, 5.41) is 15.5. The smallest absolute Gasteiger partial charge is 0.408 e. The number of unbranched alkanes of at least 4 members (excludes halogenated alkanes) is 1. The lowest BCUT2D eigenvalue weighted by Crippen LogP contribution is -2.54. The van der Waals surface area contributed by atoms with E-state index in [2.05, 4.69) is 17.6 Å². The maximum absolute atomic E-state index is 14.3. The number of nitrogens with one attached hydrogen (secondary N) is 2. The molecule has 3 rings (SSSR count). The molecule has 8 nitrogen and oxygen atoms in total. The molecule has 0 aliphatic heterocycles. The third-order valence-corrected chi connectivity index (χ3v) is 6.27. The largest absolute Gasteiger partial charge is 0.508 e. The summed E-state index contributed by atoms with van der Waals surface area (Å²) < 4.78 is 5.46. The SMILES string of the molecule is CCCCNC(=O)C(c1cccc(C)c1)N(C(=O)C(Cc1ccc(O)cc1)NC(=O)OC(C)(C)C)C1CC1. The van der Waals surface area contributed by atoms with Gasteiger partial charge < -0.3 is 25.4 Å². The Kier molecular flexibility index (Phi) is 9.78. The summed E-state index contributed by atoms with van der Waals surface area (Å²) in [6.07, 6.45) is 2.83. The van der Waals surface area contributed by atoms with Crippen LogP contribution in [0.25, 0.3) is 0 Å². The van der Waals surface area contributed by atoms with Crippen molar-refractivity contribution in [3.05, 3.63) is 65.2 Å². The van der Waals surface area contributed by atoms with Gasteiger partial charge in [-0.05, 0) is 70.2 Å². The summed E-state index contributed by atoms with van der Waals surface area (Å²) in [5.74, 6) is -0.465. The van der Waals surface area contributed by atoms with Gasteiger partial charge in [0.15, 0.2) is 0 Å². The zero-order valence-electron chi connectivity index (χ0n) is 23.1. The summed E-state index contributed by atoms with van der Waals surface area (Å²) in [6, 6.07) is 12.3. The summed E-state index contributed by atoms with van der Waals surface area (Å²) in [7, 11) is 0. The fourth-order valence-electron chi connectivity index (χ4n) is 4.33. The lowest BCUT2D eigenvalue weighted by Gasteiger charge is -2.35. The zero-order valence-corrected chi connectivity index (χ0v) is 23.1. The number of hydrogen-bond acceptors (Lipinski definition) is 5. The molecule has 1 fully saturated rings. The number of nitrogens with zero attached hydrogens (tertiary/aromatic N) is 1. The molecule has 1 aliphatic carbocycles. The molecule has 1 saturated carbocycles. The Hall–Kier alpha value is -3.55. The molecule has 2 aromatic carbocycles. The van der Waals surface area contributed by atoms with Crippen LogP contribution in [-0.4, -0.2) is 52.1 Å². The van der Waals surface area contributed by atoms with E-state index in [1.165, 1.54) is 0 Å². The molecule has 0 bridgehead atoms. The van der Waals surface area contributed by atoms with E-state index < -0.39 is 23.8 Å². The number of ether oxygens (including phenoxy) is 1. The first-order valence-corrected chi connectivity index (χ1v) is 13.4. The molecule has 8 heteroatoms.